The SMILES string of the molecule is CC(C)CNCc1cc(F)ccc1OCC(O)CO. The third kappa shape index (κ3) is 6.00. The topological polar surface area (TPSA) is 61.7 Å². The monoisotopic (exact) mass is 271 g/mol. The summed E-state index contributed by atoms with van der Waals surface area (Å²) in [4.78, 5) is 0. The molecule has 0 saturated carbocycles. The second-order valence-electron chi connectivity index (χ2n) is 4.92. The van der Waals surface area contributed by atoms with Gasteiger partial charge in [-0.25, -0.2) is 4.39 Å². The van der Waals surface area contributed by atoms with E-state index in [1.807, 2.05) is 0 Å². The molecule has 1 atom stereocenters. The Morgan fingerprint density at radius 3 is 2.74 bits per heavy atom. The first-order valence-electron chi connectivity index (χ1n) is 6.43. The van der Waals surface area contributed by atoms with Crippen LogP contribution in [0.4, 0.5) is 4.39 Å². The second kappa shape index (κ2) is 8.09. The van der Waals surface area contributed by atoms with Gasteiger partial charge >= 0.3 is 0 Å². The zero-order valence-electron chi connectivity index (χ0n) is 11.4. The van der Waals surface area contributed by atoms with E-state index in [1.165, 1.54) is 18.2 Å². The highest BCUT2D eigenvalue weighted by atomic mass is 19.1. The minimum atomic E-state index is -0.929. The third-order valence-corrected chi connectivity index (χ3v) is 2.53. The molecule has 0 aliphatic heterocycles. The minimum Gasteiger partial charge on any atom is -0.490 e. The Hall–Kier alpha value is -1.17. The Balaban J connectivity index is 2.63. The summed E-state index contributed by atoms with van der Waals surface area (Å²) in [6.45, 7) is 5.14. The lowest BCUT2D eigenvalue weighted by molar-refractivity contribution is 0.0532. The van der Waals surface area contributed by atoms with Crippen LogP contribution in [0.5, 0.6) is 5.75 Å². The van der Waals surface area contributed by atoms with Gasteiger partial charge in [-0.1, -0.05) is 13.8 Å². The summed E-state index contributed by atoms with van der Waals surface area (Å²) in [6.07, 6.45) is -0.929. The molecule has 0 aliphatic rings. The van der Waals surface area contributed by atoms with E-state index in [-0.39, 0.29) is 19.0 Å². The van der Waals surface area contributed by atoms with Crippen LogP contribution in [0.15, 0.2) is 18.2 Å². The van der Waals surface area contributed by atoms with Crippen molar-refractivity contribution in [2.75, 3.05) is 19.8 Å². The summed E-state index contributed by atoms with van der Waals surface area (Å²) in [7, 11) is 0. The van der Waals surface area contributed by atoms with E-state index in [2.05, 4.69) is 19.2 Å². The Morgan fingerprint density at radius 2 is 2.11 bits per heavy atom. The average Bonchev–Trinajstić information content (AvgIpc) is 2.37. The molecule has 0 radical (unpaired) electrons. The average molecular weight is 271 g/mol. The second-order valence-corrected chi connectivity index (χ2v) is 4.92. The van der Waals surface area contributed by atoms with E-state index >= 15 is 0 Å². The van der Waals surface area contributed by atoms with Crippen molar-refractivity contribution in [1.82, 2.24) is 5.32 Å². The van der Waals surface area contributed by atoms with Gasteiger partial charge in [-0.2, -0.15) is 0 Å². The van der Waals surface area contributed by atoms with Gasteiger partial charge in [-0.05, 0) is 30.7 Å². The number of benzene rings is 1. The lowest BCUT2D eigenvalue weighted by Crippen LogP contribution is -2.23. The van der Waals surface area contributed by atoms with Gasteiger partial charge in [-0.3, -0.25) is 0 Å². The quantitative estimate of drug-likeness (QED) is 0.667. The van der Waals surface area contributed by atoms with Crippen LogP contribution in [-0.4, -0.2) is 36.1 Å². The van der Waals surface area contributed by atoms with Crippen molar-refractivity contribution < 1.29 is 19.3 Å². The predicted octanol–water partition coefficient (Wildman–Crippen LogP) is 1.30. The van der Waals surface area contributed by atoms with Crippen LogP contribution >= 0.6 is 0 Å². The van der Waals surface area contributed by atoms with Gasteiger partial charge in [0.15, 0.2) is 0 Å². The molecule has 0 saturated heterocycles. The minimum absolute atomic E-state index is 0.0146. The number of aliphatic hydroxyl groups is 2. The summed E-state index contributed by atoms with van der Waals surface area (Å²) >= 11 is 0. The molecule has 0 fully saturated rings. The number of nitrogens with one attached hydrogen (secondary N) is 1. The summed E-state index contributed by atoms with van der Waals surface area (Å²) in [5.41, 5.74) is 0.700. The molecule has 3 N–H and O–H groups in total. The molecule has 0 heterocycles. The van der Waals surface area contributed by atoms with E-state index in [0.29, 0.717) is 23.8 Å². The molecule has 4 nitrogen and oxygen atoms in total. The van der Waals surface area contributed by atoms with E-state index in [9.17, 15) is 9.50 Å². The Labute approximate surface area is 113 Å². The number of hydrogen-bond donors (Lipinski definition) is 3. The van der Waals surface area contributed by atoms with Crippen LogP contribution in [0.1, 0.15) is 19.4 Å². The lowest BCUT2D eigenvalue weighted by atomic mass is 10.1. The van der Waals surface area contributed by atoms with Crippen molar-refractivity contribution in [3.63, 3.8) is 0 Å². The van der Waals surface area contributed by atoms with Crippen molar-refractivity contribution in [1.29, 1.82) is 0 Å². The molecule has 5 heteroatoms. The van der Waals surface area contributed by atoms with Crippen molar-refractivity contribution in [2.45, 2.75) is 26.5 Å². The van der Waals surface area contributed by atoms with E-state index in [0.717, 1.165) is 6.54 Å². The van der Waals surface area contributed by atoms with Gasteiger partial charge < -0.3 is 20.3 Å². The van der Waals surface area contributed by atoms with Crippen LogP contribution in [0.25, 0.3) is 0 Å². The molecule has 108 valence electrons. The van der Waals surface area contributed by atoms with Gasteiger partial charge in [0, 0.05) is 12.1 Å². The van der Waals surface area contributed by atoms with Gasteiger partial charge in [0.1, 0.15) is 24.3 Å². The maximum atomic E-state index is 13.2. The van der Waals surface area contributed by atoms with Crippen LogP contribution in [-0.2, 0) is 6.54 Å². The number of hydrogen-bond acceptors (Lipinski definition) is 4. The van der Waals surface area contributed by atoms with Crippen molar-refractivity contribution in [2.24, 2.45) is 5.92 Å². The molecule has 19 heavy (non-hydrogen) atoms. The number of ether oxygens (including phenoxy) is 1. The van der Waals surface area contributed by atoms with Gasteiger partial charge in [0.2, 0.25) is 0 Å². The first-order valence-corrected chi connectivity index (χ1v) is 6.43. The van der Waals surface area contributed by atoms with Crippen molar-refractivity contribution >= 4 is 0 Å². The first-order chi connectivity index (χ1) is 9.02. The molecule has 0 amide bonds. The van der Waals surface area contributed by atoms with E-state index in [4.69, 9.17) is 9.84 Å². The normalized spacial score (nSPS) is 12.7. The fraction of sp³-hybridized carbons (Fsp3) is 0.571. The fourth-order valence-corrected chi connectivity index (χ4v) is 1.56. The Morgan fingerprint density at radius 1 is 1.37 bits per heavy atom. The zero-order chi connectivity index (χ0) is 14.3. The highest BCUT2D eigenvalue weighted by Gasteiger charge is 2.08. The molecule has 0 bridgehead atoms. The number of rotatable bonds is 8. The molecule has 0 aromatic heterocycles. The smallest absolute Gasteiger partial charge is 0.124 e. The first kappa shape index (κ1) is 15.9. The van der Waals surface area contributed by atoms with E-state index < -0.39 is 6.10 Å². The third-order valence-electron chi connectivity index (χ3n) is 2.53. The van der Waals surface area contributed by atoms with Gasteiger partial charge in [-0.15, -0.1) is 0 Å². The van der Waals surface area contributed by atoms with E-state index in [1.54, 1.807) is 0 Å². The molecule has 1 aromatic rings. The predicted molar refractivity (Wildman–Crippen MR) is 71.5 cm³/mol. The molecule has 1 unspecified atom stereocenters. The molecular formula is C14H22FNO3. The maximum absolute atomic E-state index is 13.2. The zero-order valence-corrected chi connectivity index (χ0v) is 11.4. The standard InChI is InChI=1S/C14H22FNO3/c1-10(2)6-16-7-11-5-12(15)3-4-14(11)19-9-13(18)8-17/h3-5,10,13,16-18H,6-9H2,1-2H3. The molecule has 0 aliphatic carbocycles. The lowest BCUT2D eigenvalue weighted by Gasteiger charge is -2.15. The largest absolute Gasteiger partial charge is 0.490 e. The van der Waals surface area contributed by atoms with Gasteiger partial charge in [0.25, 0.3) is 0 Å². The molecule has 0 spiro atoms. The highest BCUT2D eigenvalue weighted by molar-refractivity contribution is 5.34. The fourth-order valence-electron chi connectivity index (χ4n) is 1.56. The number of halogens is 1. The summed E-state index contributed by atoms with van der Waals surface area (Å²) < 4.78 is 18.6. The van der Waals surface area contributed by atoms with Crippen LogP contribution in [0.3, 0.4) is 0 Å². The van der Waals surface area contributed by atoms with Crippen LogP contribution < -0.4 is 10.1 Å². The molecule has 1 rings (SSSR count). The highest BCUT2D eigenvalue weighted by Crippen LogP contribution is 2.20. The summed E-state index contributed by atoms with van der Waals surface area (Å²) in [6, 6.07) is 4.26. The van der Waals surface area contributed by atoms with Crippen LogP contribution in [0.2, 0.25) is 0 Å². The van der Waals surface area contributed by atoms with Crippen molar-refractivity contribution in [3.05, 3.63) is 29.6 Å². The Kier molecular flexibility index (Phi) is 6.77. The van der Waals surface area contributed by atoms with Crippen LogP contribution in [0, 0.1) is 11.7 Å². The number of aliphatic hydroxyl groups excluding tert-OH is 2. The van der Waals surface area contributed by atoms with Gasteiger partial charge in [0.05, 0.1) is 6.61 Å². The van der Waals surface area contributed by atoms with Crippen molar-refractivity contribution in [3.8, 4) is 5.75 Å². The molecular weight excluding hydrogens is 249 g/mol. The summed E-state index contributed by atoms with van der Waals surface area (Å²) in [5, 5.41) is 21.2. The molecule has 1 aromatic carbocycles. The maximum Gasteiger partial charge on any atom is 0.124 e. The summed E-state index contributed by atoms with van der Waals surface area (Å²) in [5.74, 6) is 0.704. The Bertz CT molecular complexity index is 385.